The van der Waals surface area contributed by atoms with E-state index in [0.717, 1.165) is 30.9 Å². The first-order valence-electron chi connectivity index (χ1n) is 7.24. The van der Waals surface area contributed by atoms with Gasteiger partial charge in [-0.3, -0.25) is 9.59 Å². The number of aromatic nitrogens is 1. The van der Waals surface area contributed by atoms with Gasteiger partial charge in [0.1, 0.15) is 16.8 Å². The molecule has 114 valence electrons. The zero-order valence-corrected chi connectivity index (χ0v) is 12.5. The van der Waals surface area contributed by atoms with Gasteiger partial charge in [0, 0.05) is 25.1 Å². The Labute approximate surface area is 126 Å². The van der Waals surface area contributed by atoms with Gasteiger partial charge in [-0.05, 0) is 25.7 Å². The minimum atomic E-state index is -0.828. The second kappa shape index (κ2) is 6.11. The summed E-state index contributed by atoms with van der Waals surface area (Å²) in [5.74, 6) is -1.45. The van der Waals surface area contributed by atoms with E-state index in [1.165, 1.54) is 11.3 Å². The number of aliphatic carboxylic acids is 1. The van der Waals surface area contributed by atoms with Gasteiger partial charge in [0.2, 0.25) is 0 Å². The minimum absolute atomic E-state index is 0.0182. The van der Waals surface area contributed by atoms with Crippen LogP contribution in [0, 0.1) is 5.92 Å². The number of hydrogen-bond donors (Lipinski definition) is 1. The maximum Gasteiger partial charge on any atom is 0.308 e. The number of amides is 1. The summed E-state index contributed by atoms with van der Waals surface area (Å²) in [6.45, 7) is 1.64. The van der Waals surface area contributed by atoms with Crippen LogP contribution >= 0.6 is 11.3 Å². The summed E-state index contributed by atoms with van der Waals surface area (Å²) in [7, 11) is 0. The first-order chi connectivity index (χ1) is 10.1. The van der Waals surface area contributed by atoms with Crippen LogP contribution in [0.2, 0.25) is 0 Å². The molecule has 1 amide bonds. The highest BCUT2D eigenvalue weighted by Crippen LogP contribution is 2.31. The van der Waals surface area contributed by atoms with Gasteiger partial charge in [-0.15, -0.1) is 11.3 Å². The summed E-state index contributed by atoms with van der Waals surface area (Å²) in [6, 6.07) is 0. The van der Waals surface area contributed by atoms with E-state index in [9.17, 15) is 9.59 Å². The Morgan fingerprint density at radius 1 is 1.38 bits per heavy atom. The lowest BCUT2D eigenvalue weighted by atomic mass is 9.98. The van der Waals surface area contributed by atoms with Crippen LogP contribution in [-0.2, 0) is 9.53 Å². The Bertz CT molecular complexity index is 539. The summed E-state index contributed by atoms with van der Waals surface area (Å²) in [5.41, 5.74) is 0.413. The van der Waals surface area contributed by atoms with Crippen LogP contribution in [0.5, 0.6) is 0 Å². The Hall–Kier alpha value is -1.47. The zero-order valence-electron chi connectivity index (χ0n) is 11.7. The van der Waals surface area contributed by atoms with E-state index in [2.05, 4.69) is 4.98 Å². The van der Waals surface area contributed by atoms with Gasteiger partial charge >= 0.3 is 5.97 Å². The van der Waals surface area contributed by atoms with Crippen molar-refractivity contribution in [3.8, 4) is 0 Å². The third kappa shape index (κ3) is 3.08. The van der Waals surface area contributed by atoms with Crippen LogP contribution in [0.3, 0.4) is 0 Å². The first-order valence-corrected chi connectivity index (χ1v) is 8.12. The summed E-state index contributed by atoms with van der Waals surface area (Å²) < 4.78 is 5.57. The van der Waals surface area contributed by atoms with Gasteiger partial charge < -0.3 is 14.7 Å². The summed E-state index contributed by atoms with van der Waals surface area (Å²) in [5, 5.41) is 11.7. The van der Waals surface area contributed by atoms with Crippen molar-refractivity contribution in [2.45, 2.75) is 31.8 Å². The van der Waals surface area contributed by atoms with Crippen molar-refractivity contribution in [2.75, 3.05) is 19.7 Å². The van der Waals surface area contributed by atoms with Crippen molar-refractivity contribution < 1.29 is 19.4 Å². The number of carbonyl (C=O) groups is 2. The molecule has 1 N–H and O–H groups in total. The van der Waals surface area contributed by atoms with E-state index in [1.807, 2.05) is 0 Å². The van der Waals surface area contributed by atoms with Crippen molar-refractivity contribution in [1.82, 2.24) is 9.88 Å². The highest BCUT2D eigenvalue weighted by molar-refractivity contribution is 7.09. The number of carboxylic acid groups (broad SMARTS) is 1. The normalized spacial score (nSPS) is 26.0. The summed E-state index contributed by atoms with van der Waals surface area (Å²) in [4.78, 5) is 29.5. The van der Waals surface area contributed by atoms with Crippen molar-refractivity contribution >= 4 is 23.2 Å². The van der Waals surface area contributed by atoms with Crippen LogP contribution in [0.1, 0.15) is 47.3 Å². The third-order valence-corrected chi connectivity index (χ3v) is 4.94. The highest BCUT2D eigenvalue weighted by Gasteiger charge is 2.30. The van der Waals surface area contributed by atoms with E-state index in [4.69, 9.17) is 9.84 Å². The number of thiazole rings is 1. The lowest BCUT2D eigenvalue weighted by molar-refractivity contribution is -0.143. The van der Waals surface area contributed by atoms with Gasteiger partial charge in [-0.25, -0.2) is 4.98 Å². The Balaban J connectivity index is 1.68. The largest absolute Gasteiger partial charge is 0.481 e. The van der Waals surface area contributed by atoms with Crippen LogP contribution < -0.4 is 0 Å². The van der Waals surface area contributed by atoms with Crippen LogP contribution in [0.4, 0.5) is 0 Å². The van der Waals surface area contributed by atoms with E-state index < -0.39 is 11.9 Å². The van der Waals surface area contributed by atoms with Gasteiger partial charge in [-0.2, -0.15) is 0 Å². The monoisotopic (exact) mass is 310 g/mol. The predicted molar refractivity (Wildman–Crippen MR) is 76.3 cm³/mol. The molecule has 2 fully saturated rings. The molecule has 2 saturated heterocycles. The molecule has 6 nitrogen and oxygen atoms in total. The minimum Gasteiger partial charge on any atom is -0.481 e. The Kier molecular flexibility index (Phi) is 4.21. The van der Waals surface area contributed by atoms with Crippen molar-refractivity contribution in [3.05, 3.63) is 16.1 Å². The van der Waals surface area contributed by atoms with Crippen LogP contribution in [0.25, 0.3) is 0 Å². The Morgan fingerprint density at radius 3 is 2.95 bits per heavy atom. The molecule has 21 heavy (non-hydrogen) atoms. The molecule has 1 aromatic rings. The van der Waals surface area contributed by atoms with E-state index in [0.29, 0.717) is 18.7 Å². The first kappa shape index (κ1) is 14.5. The Morgan fingerprint density at radius 2 is 2.24 bits per heavy atom. The number of rotatable bonds is 3. The molecule has 2 aliphatic rings. The number of carbonyl (C=O) groups excluding carboxylic acids is 1. The molecule has 0 saturated carbocycles. The molecule has 0 spiro atoms. The molecular weight excluding hydrogens is 292 g/mol. The maximum atomic E-state index is 12.4. The van der Waals surface area contributed by atoms with E-state index >= 15 is 0 Å². The molecule has 2 atom stereocenters. The van der Waals surface area contributed by atoms with Gasteiger partial charge in [0.05, 0.1) is 5.92 Å². The SMILES string of the molecule is O=C(O)[C@H]1CCCN(C(=O)c2csc(C3CCCO3)n2)C1. The second-order valence-electron chi connectivity index (χ2n) is 5.50. The molecule has 0 radical (unpaired) electrons. The number of ether oxygens (including phenoxy) is 1. The number of carboxylic acids is 1. The molecule has 3 heterocycles. The van der Waals surface area contributed by atoms with Gasteiger partial charge in [0.25, 0.3) is 5.91 Å². The molecule has 0 aliphatic carbocycles. The molecule has 7 heteroatoms. The molecular formula is C14H18N2O4S. The molecule has 3 rings (SSSR count). The lowest BCUT2D eigenvalue weighted by Crippen LogP contribution is -2.42. The smallest absolute Gasteiger partial charge is 0.308 e. The molecule has 1 unspecified atom stereocenters. The molecule has 1 aromatic heterocycles. The molecule has 0 bridgehead atoms. The number of nitrogens with zero attached hydrogens (tertiary/aromatic N) is 2. The molecule has 2 aliphatic heterocycles. The fraction of sp³-hybridized carbons (Fsp3) is 0.643. The van der Waals surface area contributed by atoms with E-state index in [-0.39, 0.29) is 18.6 Å². The number of likely N-dealkylation sites (tertiary alicyclic amines) is 1. The van der Waals surface area contributed by atoms with Crippen LogP contribution in [0.15, 0.2) is 5.38 Å². The zero-order chi connectivity index (χ0) is 14.8. The van der Waals surface area contributed by atoms with Crippen molar-refractivity contribution in [3.63, 3.8) is 0 Å². The second-order valence-corrected chi connectivity index (χ2v) is 6.39. The third-order valence-electron chi connectivity index (χ3n) is 4.00. The molecule has 0 aromatic carbocycles. The van der Waals surface area contributed by atoms with Crippen molar-refractivity contribution in [1.29, 1.82) is 0 Å². The van der Waals surface area contributed by atoms with Crippen LogP contribution in [-0.4, -0.2) is 46.6 Å². The fourth-order valence-electron chi connectivity index (χ4n) is 2.83. The standard InChI is InChI=1S/C14H18N2O4S/c17-13(16-5-1-3-9(7-16)14(18)19)10-8-21-12(15-10)11-4-2-6-20-11/h8-9,11H,1-7H2,(H,18,19)/t9-,11?/m0/s1. The predicted octanol–water partition coefficient (Wildman–Crippen LogP) is 1.93. The highest BCUT2D eigenvalue weighted by atomic mass is 32.1. The lowest BCUT2D eigenvalue weighted by Gasteiger charge is -2.30. The quantitative estimate of drug-likeness (QED) is 0.923. The van der Waals surface area contributed by atoms with Crippen molar-refractivity contribution in [2.24, 2.45) is 5.92 Å². The number of piperidine rings is 1. The average molecular weight is 310 g/mol. The summed E-state index contributed by atoms with van der Waals surface area (Å²) in [6.07, 6.45) is 3.36. The van der Waals surface area contributed by atoms with E-state index in [1.54, 1.807) is 10.3 Å². The van der Waals surface area contributed by atoms with Gasteiger partial charge in [0.15, 0.2) is 0 Å². The average Bonchev–Trinajstić information content (AvgIpc) is 3.17. The summed E-state index contributed by atoms with van der Waals surface area (Å²) >= 11 is 1.45. The topological polar surface area (TPSA) is 79.7 Å². The maximum absolute atomic E-state index is 12.4. The fourth-order valence-corrected chi connectivity index (χ4v) is 3.71. The number of hydrogen-bond acceptors (Lipinski definition) is 5. The van der Waals surface area contributed by atoms with Gasteiger partial charge in [-0.1, -0.05) is 0 Å².